The molecule has 0 saturated carbocycles. The third-order valence-electron chi connectivity index (χ3n) is 4.33. The molecule has 0 aromatic heterocycles. The highest BCUT2D eigenvalue weighted by Gasteiger charge is 2.39. The fourth-order valence-corrected chi connectivity index (χ4v) is 3.44. The molecule has 1 saturated heterocycles. The zero-order chi connectivity index (χ0) is 16.5. The van der Waals surface area contributed by atoms with E-state index in [4.69, 9.17) is 16.2 Å². The van der Waals surface area contributed by atoms with E-state index in [1.165, 1.54) is 0 Å². The minimum Gasteiger partial charge on any atom is -0.414 e. The molecular weight excluding hydrogens is 302 g/mol. The molecule has 0 aromatic rings. The lowest BCUT2D eigenvalue weighted by Crippen LogP contribution is -2.46. The Morgan fingerprint density at radius 1 is 1.29 bits per heavy atom. The largest absolute Gasteiger partial charge is 0.414 e. The molecular formula is C16H34ClNO2Si. The first-order chi connectivity index (χ1) is 9.64. The monoisotopic (exact) mass is 335 g/mol. The first-order valence-corrected chi connectivity index (χ1v) is 11.4. The lowest BCUT2D eigenvalue weighted by molar-refractivity contribution is -0.107. The molecule has 0 N–H and O–H groups in total. The molecule has 0 radical (unpaired) electrons. The predicted octanol–water partition coefficient (Wildman–Crippen LogP) is 5.00. The fraction of sp³-hybridized carbons (Fsp3) is 0.938. The van der Waals surface area contributed by atoms with Gasteiger partial charge in [-0.25, -0.2) is 4.42 Å². The molecule has 1 aliphatic rings. The molecule has 1 rings (SSSR count). The number of hydrogen-bond acceptors (Lipinski definition) is 3. The molecule has 0 unspecified atom stereocenters. The quantitative estimate of drug-likeness (QED) is 0.306. The van der Waals surface area contributed by atoms with Gasteiger partial charge in [0.15, 0.2) is 8.32 Å². The smallest absolute Gasteiger partial charge is 0.192 e. The number of hydrogen-bond donors (Lipinski definition) is 0. The summed E-state index contributed by atoms with van der Waals surface area (Å²) in [6.07, 6.45) is 6.45. The van der Waals surface area contributed by atoms with E-state index >= 15 is 0 Å². The highest BCUT2D eigenvalue weighted by Crippen LogP contribution is 2.38. The van der Waals surface area contributed by atoms with Crippen LogP contribution in [0.5, 0.6) is 0 Å². The summed E-state index contributed by atoms with van der Waals surface area (Å²) in [7, 11) is -1.58. The Hall–Kier alpha value is 0.0969. The van der Waals surface area contributed by atoms with Crippen LogP contribution in [-0.2, 0) is 9.22 Å². The van der Waals surface area contributed by atoms with Gasteiger partial charge in [0, 0.05) is 25.6 Å². The van der Waals surface area contributed by atoms with Crippen molar-refractivity contribution in [1.29, 1.82) is 0 Å². The Kier molecular flexibility index (Phi) is 10.0. The second-order valence-electron chi connectivity index (χ2n) is 7.30. The lowest BCUT2D eigenvalue weighted by Gasteiger charge is -2.41. The van der Waals surface area contributed by atoms with E-state index < -0.39 is 8.32 Å². The van der Waals surface area contributed by atoms with Crippen LogP contribution in [0.4, 0.5) is 0 Å². The number of rotatable bonds is 5. The Morgan fingerprint density at radius 2 is 1.81 bits per heavy atom. The van der Waals surface area contributed by atoms with Crippen molar-refractivity contribution < 1.29 is 9.22 Å². The topological polar surface area (TPSA) is 29.5 Å². The van der Waals surface area contributed by atoms with Crippen molar-refractivity contribution in [2.75, 3.05) is 13.1 Å². The molecule has 0 amide bonds. The summed E-state index contributed by atoms with van der Waals surface area (Å²) in [5.74, 6) is 0. The summed E-state index contributed by atoms with van der Waals surface area (Å²) >= 11 is 5.93. The first-order valence-electron chi connectivity index (χ1n) is 8.16. The van der Waals surface area contributed by atoms with Crippen LogP contribution < -0.4 is 0 Å². The van der Waals surface area contributed by atoms with Crippen LogP contribution in [0.3, 0.4) is 0 Å². The maximum Gasteiger partial charge on any atom is 0.192 e. The second kappa shape index (κ2) is 9.98. The maximum absolute atomic E-state index is 9.56. The minimum absolute atomic E-state index is 0.311. The second-order valence-corrected chi connectivity index (χ2v) is 12.5. The standard InChI is InChI=1S/C11H24ClNOSi.C5H10O/c1-11(2,3)15(4,5)14-10-6-8-13(12)9-7-10;1-2-3-4-5-6/h10H,6-9H2,1-5H3;5H,2-4H2,1H3. The van der Waals surface area contributed by atoms with E-state index in [2.05, 4.69) is 40.8 Å². The van der Waals surface area contributed by atoms with Crippen molar-refractivity contribution in [2.45, 2.75) is 84.0 Å². The van der Waals surface area contributed by atoms with Gasteiger partial charge in [-0.15, -0.1) is 0 Å². The van der Waals surface area contributed by atoms with Gasteiger partial charge in [-0.05, 0) is 49.2 Å². The lowest BCUT2D eigenvalue weighted by atomic mass is 10.1. The highest BCUT2D eigenvalue weighted by atomic mass is 35.5. The Balaban J connectivity index is 0.000000567. The van der Waals surface area contributed by atoms with Gasteiger partial charge in [-0.3, -0.25) is 0 Å². The van der Waals surface area contributed by atoms with E-state index in [0.29, 0.717) is 11.1 Å². The molecule has 0 aromatic carbocycles. The number of aldehydes is 1. The number of carbonyl (C=O) groups is 1. The Bertz CT molecular complexity index is 284. The van der Waals surface area contributed by atoms with Crippen LogP contribution >= 0.6 is 11.8 Å². The van der Waals surface area contributed by atoms with E-state index in [0.717, 1.165) is 51.5 Å². The summed E-state index contributed by atoms with van der Waals surface area (Å²) < 4.78 is 8.21. The number of carbonyl (C=O) groups excluding carboxylic acids is 1. The van der Waals surface area contributed by atoms with Crippen LogP contribution in [0.15, 0.2) is 0 Å². The van der Waals surface area contributed by atoms with Gasteiger partial charge in [0.2, 0.25) is 0 Å². The Labute approximate surface area is 137 Å². The van der Waals surface area contributed by atoms with Crippen molar-refractivity contribution in [3.8, 4) is 0 Å². The molecule has 0 atom stereocenters. The first kappa shape index (κ1) is 21.1. The minimum atomic E-state index is -1.58. The van der Waals surface area contributed by atoms with Crippen LogP contribution in [0, 0.1) is 0 Å². The van der Waals surface area contributed by atoms with E-state index in [1.54, 1.807) is 0 Å². The average Bonchev–Trinajstić information content (AvgIpc) is 2.38. The summed E-state index contributed by atoms with van der Waals surface area (Å²) in [4.78, 5) is 9.56. The molecule has 0 aliphatic carbocycles. The van der Waals surface area contributed by atoms with Crippen molar-refractivity contribution in [2.24, 2.45) is 0 Å². The van der Waals surface area contributed by atoms with E-state index in [-0.39, 0.29) is 0 Å². The average molecular weight is 336 g/mol. The Morgan fingerprint density at radius 3 is 2.14 bits per heavy atom. The van der Waals surface area contributed by atoms with E-state index in [1.807, 2.05) is 4.42 Å². The zero-order valence-electron chi connectivity index (χ0n) is 14.7. The molecule has 5 heteroatoms. The molecule has 21 heavy (non-hydrogen) atoms. The van der Waals surface area contributed by atoms with Gasteiger partial charge < -0.3 is 9.22 Å². The number of halogens is 1. The van der Waals surface area contributed by atoms with Gasteiger partial charge in [0.05, 0.1) is 0 Å². The van der Waals surface area contributed by atoms with Crippen LogP contribution in [0.1, 0.15) is 59.8 Å². The van der Waals surface area contributed by atoms with Gasteiger partial charge in [-0.2, -0.15) is 0 Å². The molecule has 1 heterocycles. The SMILES string of the molecule is CC(C)(C)[Si](C)(C)OC1CCN(Cl)CC1.CCCCC=O. The normalized spacial score (nSPS) is 18.0. The van der Waals surface area contributed by atoms with Crippen LogP contribution in [-0.4, -0.2) is 38.2 Å². The summed E-state index contributed by atoms with van der Waals surface area (Å²) in [5, 5.41) is 0.311. The van der Waals surface area contributed by atoms with Crippen molar-refractivity contribution >= 4 is 26.4 Å². The maximum atomic E-state index is 9.56. The van der Waals surface area contributed by atoms with Crippen molar-refractivity contribution in [1.82, 2.24) is 4.42 Å². The summed E-state index contributed by atoms with van der Waals surface area (Å²) in [5.41, 5.74) is 0. The highest BCUT2D eigenvalue weighted by molar-refractivity contribution is 6.74. The molecule has 1 aliphatic heterocycles. The molecule has 3 nitrogen and oxygen atoms in total. The number of piperidine rings is 1. The fourth-order valence-electron chi connectivity index (χ4n) is 1.82. The zero-order valence-corrected chi connectivity index (χ0v) is 16.5. The van der Waals surface area contributed by atoms with E-state index in [9.17, 15) is 4.79 Å². The van der Waals surface area contributed by atoms with Crippen LogP contribution in [0.25, 0.3) is 0 Å². The molecule has 1 fully saturated rings. The third-order valence-corrected chi connectivity index (χ3v) is 9.20. The molecule has 0 bridgehead atoms. The van der Waals surface area contributed by atoms with Crippen molar-refractivity contribution in [3.05, 3.63) is 0 Å². The molecule has 126 valence electrons. The van der Waals surface area contributed by atoms with Gasteiger partial charge in [-0.1, -0.05) is 34.1 Å². The van der Waals surface area contributed by atoms with Gasteiger partial charge in [0.1, 0.15) is 6.29 Å². The summed E-state index contributed by atoms with van der Waals surface area (Å²) in [6, 6.07) is 0. The predicted molar refractivity (Wildman–Crippen MR) is 94.3 cm³/mol. The van der Waals surface area contributed by atoms with Gasteiger partial charge >= 0.3 is 0 Å². The van der Waals surface area contributed by atoms with Gasteiger partial charge in [0.25, 0.3) is 0 Å². The van der Waals surface area contributed by atoms with Crippen LogP contribution in [0.2, 0.25) is 18.1 Å². The molecule has 0 spiro atoms. The third kappa shape index (κ3) is 8.96. The summed E-state index contributed by atoms with van der Waals surface area (Å²) in [6.45, 7) is 15.5. The van der Waals surface area contributed by atoms with Crippen molar-refractivity contribution in [3.63, 3.8) is 0 Å². The number of nitrogens with zero attached hydrogens (tertiary/aromatic N) is 1. The number of unbranched alkanes of at least 4 members (excludes halogenated alkanes) is 2.